The van der Waals surface area contributed by atoms with Gasteiger partial charge in [0.05, 0.1) is 0 Å². The topological polar surface area (TPSA) is 87.7 Å². The Morgan fingerprint density at radius 3 is 2.58 bits per heavy atom. The fourth-order valence-electron chi connectivity index (χ4n) is 2.00. The fraction of sp³-hybridized carbons (Fsp3) is 0.846. The maximum atomic E-state index is 11.7. The molecule has 0 aliphatic heterocycles. The van der Waals surface area contributed by atoms with Crippen molar-refractivity contribution in [2.24, 2.45) is 5.41 Å². The Morgan fingerprint density at radius 2 is 2.11 bits per heavy atom. The molecule has 1 aliphatic carbocycles. The molecule has 1 rings (SSSR count). The lowest BCUT2D eigenvalue weighted by Crippen LogP contribution is -2.47. The summed E-state index contributed by atoms with van der Waals surface area (Å²) >= 11 is 0. The second-order valence-corrected chi connectivity index (χ2v) is 5.21. The van der Waals surface area contributed by atoms with E-state index in [2.05, 4.69) is 17.6 Å². The van der Waals surface area contributed by atoms with Gasteiger partial charge in [0.1, 0.15) is 6.04 Å². The van der Waals surface area contributed by atoms with E-state index in [-0.39, 0.29) is 5.41 Å². The molecule has 6 nitrogen and oxygen atoms in total. The number of carboxylic acid groups (broad SMARTS) is 1. The van der Waals surface area contributed by atoms with Crippen LogP contribution in [0.25, 0.3) is 0 Å². The van der Waals surface area contributed by atoms with Crippen LogP contribution in [0.4, 0.5) is 4.79 Å². The van der Waals surface area contributed by atoms with Gasteiger partial charge in [0.25, 0.3) is 0 Å². The minimum absolute atomic E-state index is 0.256. The summed E-state index contributed by atoms with van der Waals surface area (Å²) in [6.45, 7) is 3.23. The van der Waals surface area contributed by atoms with E-state index in [1.165, 1.54) is 0 Å². The summed E-state index contributed by atoms with van der Waals surface area (Å²) in [4.78, 5) is 22.7. The fourth-order valence-corrected chi connectivity index (χ4v) is 2.00. The third-order valence-electron chi connectivity index (χ3n) is 3.78. The lowest BCUT2D eigenvalue weighted by Gasteiger charge is -2.17. The smallest absolute Gasteiger partial charge is 0.326 e. The molecule has 0 saturated heterocycles. The van der Waals surface area contributed by atoms with Crippen LogP contribution in [0.15, 0.2) is 0 Å². The van der Waals surface area contributed by atoms with Crippen LogP contribution in [-0.2, 0) is 9.53 Å². The molecule has 110 valence electrons. The highest BCUT2D eigenvalue weighted by Crippen LogP contribution is 2.47. The maximum absolute atomic E-state index is 11.7. The van der Waals surface area contributed by atoms with E-state index in [0.717, 1.165) is 19.3 Å². The molecule has 0 aromatic rings. The number of carbonyl (C=O) groups excluding carboxylic acids is 1. The van der Waals surface area contributed by atoms with Crippen molar-refractivity contribution in [2.45, 2.75) is 45.1 Å². The number of methoxy groups -OCH3 is 1. The van der Waals surface area contributed by atoms with Crippen LogP contribution < -0.4 is 10.6 Å². The molecule has 1 aliphatic rings. The normalized spacial score (nSPS) is 17.6. The van der Waals surface area contributed by atoms with Gasteiger partial charge >= 0.3 is 12.0 Å². The van der Waals surface area contributed by atoms with Crippen molar-refractivity contribution in [1.82, 2.24) is 10.6 Å². The van der Waals surface area contributed by atoms with E-state index in [9.17, 15) is 9.59 Å². The highest BCUT2D eigenvalue weighted by molar-refractivity contribution is 5.82. The average molecular weight is 272 g/mol. The van der Waals surface area contributed by atoms with E-state index in [0.29, 0.717) is 26.0 Å². The number of urea groups is 1. The minimum Gasteiger partial charge on any atom is -0.480 e. The molecule has 3 N–H and O–H groups in total. The number of ether oxygens (including phenoxy) is 1. The van der Waals surface area contributed by atoms with Gasteiger partial charge in [0.15, 0.2) is 0 Å². The van der Waals surface area contributed by atoms with Crippen molar-refractivity contribution in [3.05, 3.63) is 0 Å². The van der Waals surface area contributed by atoms with Crippen molar-refractivity contribution in [1.29, 1.82) is 0 Å². The Balaban J connectivity index is 2.28. The molecule has 2 amide bonds. The summed E-state index contributed by atoms with van der Waals surface area (Å²) < 4.78 is 4.87. The third kappa shape index (κ3) is 5.46. The molecular formula is C13H24N2O4. The first-order valence-electron chi connectivity index (χ1n) is 6.79. The Kier molecular flexibility index (Phi) is 6.08. The maximum Gasteiger partial charge on any atom is 0.326 e. The molecular weight excluding hydrogens is 248 g/mol. The van der Waals surface area contributed by atoms with Gasteiger partial charge < -0.3 is 20.5 Å². The zero-order valence-corrected chi connectivity index (χ0v) is 11.7. The van der Waals surface area contributed by atoms with Crippen molar-refractivity contribution < 1.29 is 19.4 Å². The molecule has 0 heterocycles. The lowest BCUT2D eigenvalue weighted by molar-refractivity contribution is -0.139. The summed E-state index contributed by atoms with van der Waals surface area (Å²) in [5.74, 6) is -1.01. The zero-order valence-electron chi connectivity index (χ0n) is 11.7. The number of aliphatic carboxylic acids is 1. The number of carbonyl (C=O) groups is 2. The number of amides is 2. The highest BCUT2D eigenvalue weighted by atomic mass is 16.5. The van der Waals surface area contributed by atoms with Gasteiger partial charge in [0, 0.05) is 20.3 Å². The summed E-state index contributed by atoms with van der Waals surface area (Å²) in [6, 6.07) is -1.25. The SMILES string of the molecule is CCC1(CNC(=O)NC(CCCOC)C(=O)O)CC1. The number of hydrogen-bond acceptors (Lipinski definition) is 3. The average Bonchev–Trinajstić information content (AvgIpc) is 3.16. The van der Waals surface area contributed by atoms with Gasteiger partial charge in [-0.2, -0.15) is 0 Å². The van der Waals surface area contributed by atoms with Crippen LogP contribution >= 0.6 is 0 Å². The number of nitrogens with one attached hydrogen (secondary N) is 2. The Morgan fingerprint density at radius 1 is 1.42 bits per heavy atom. The number of rotatable bonds is 9. The van der Waals surface area contributed by atoms with Crippen molar-refractivity contribution in [3.63, 3.8) is 0 Å². The van der Waals surface area contributed by atoms with Crippen LogP contribution in [0, 0.1) is 5.41 Å². The van der Waals surface area contributed by atoms with E-state index in [1.807, 2.05) is 0 Å². The summed E-state index contributed by atoms with van der Waals surface area (Å²) in [7, 11) is 1.57. The van der Waals surface area contributed by atoms with Crippen molar-refractivity contribution in [3.8, 4) is 0 Å². The second kappa shape index (κ2) is 7.33. The van der Waals surface area contributed by atoms with Gasteiger partial charge in [0.2, 0.25) is 0 Å². The molecule has 1 atom stereocenters. The van der Waals surface area contributed by atoms with Crippen LogP contribution in [0.1, 0.15) is 39.0 Å². The molecule has 0 aromatic carbocycles. The van der Waals surface area contributed by atoms with Crippen molar-refractivity contribution in [2.75, 3.05) is 20.3 Å². The standard InChI is InChI=1S/C13H24N2O4/c1-3-13(6-7-13)9-14-12(18)15-10(11(16)17)5-4-8-19-2/h10H,3-9H2,1-2H3,(H,16,17)(H2,14,15,18). The third-order valence-corrected chi connectivity index (χ3v) is 3.78. The summed E-state index contributed by atoms with van der Waals surface area (Å²) in [5, 5.41) is 14.3. The van der Waals surface area contributed by atoms with Crippen LogP contribution in [0.3, 0.4) is 0 Å². The predicted octanol–water partition coefficient (Wildman–Crippen LogP) is 1.36. The molecule has 1 fully saturated rings. The van der Waals surface area contributed by atoms with Gasteiger partial charge in [-0.15, -0.1) is 0 Å². The molecule has 0 radical (unpaired) electrons. The monoisotopic (exact) mass is 272 g/mol. The van der Waals surface area contributed by atoms with E-state index >= 15 is 0 Å². The minimum atomic E-state index is -1.01. The number of carboxylic acids is 1. The van der Waals surface area contributed by atoms with Crippen LogP contribution in [0.5, 0.6) is 0 Å². The van der Waals surface area contributed by atoms with Crippen molar-refractivity contribution >= 4 is 12.0 Å². The first kappa shape index (κ1) is 15.8. The lowest BCUT2D eigenvalue weighted by atomic mass is 10.0. The molecule has 6 heteroatoms. The quantitative estimate of drug-likeness (QED) is 0.553. The zero-order chi connectivity index (χ0) is 14.3. The van der Waals surface area contributed by atoms with E-state index in [4.69, 9.17) is 9.84 Å². The van der Waals surface area contributed by atoms with Crippen LogP contribution in [-0.4, -0.2) is 43.4 Å². The molecule has 0 bridgehead atoms. The Hall–Kier alpha value is -1.30. The molecule has 1 unspecified atom stereocenters. The van der Waals surface area contributed by atoms with Gasteiger partial charge in [-0.3, -0.25) is 0 Å². The van der Waals surface area contributed by atoms with Gasteiger partial charge in [-0.05, 0) is 37.5 Å². The Labute approximate surface area is 113 Å². The van der Waals surface area contributed by atoms with Gasteiger partial charge in [-0.1, -0.05) is 6.92 Å². The Bertz CT molecular complexity index is 316. The number of hydrogen-bond donors (Lipinski definition) is 3. The summed E-state index contributed by atoms with van der Waals surface area (Å²) in [6.07, 6.45) is 4.30. The molecule has 19 heavy (non-hydrogen) atoms. The van der Waals surface area contributed by atoms with E-state index in [1.54, 1.807) is 7.11 Å². The molecule has 0 spiro atoms. The first-order valence-corrected chi connectivity index (χ1v) is 6.79. The summed E-state index contributed by atoms with van der Waals surface area (Å²) in [5.41, 5.74) is 0.256. The molecule has 1 saturated carbocycles. The highest BCUT2D eigenvalue weighted by Gasteiger charge is 2.40. The van der Waals surface area contributed by atoms with E-state index < -0.39 is 18.0 Å². The molecule has 0 aromatic heterocycles. The van der Waals surface area contributed by atoms with Crippen LogP contribution in [0.2, 0.25) is 0 Å². The van der Waals surface area contributed by atoms with Gasteiger partial charge in [-0.25, -0.2) is 9.59 Å². The second-order valence-electron chi connectivity index (χ2n) is 5.21. The largest absolute Gasteiger partial charge is 0.480 e. The predicted molar refractivity (Wildman–Crippen MR) is 71.0 cm³/mol. The first-order chi connectivity index (χ1) is 9.03.